The number of rotatable bonds is 3. The second kappa shape index (κ2) is 9.47. The van der Waals surface area contributed by atoms with Gasteiger partial charge >= 0.3 is 0 Å². The fourth-order valence-electron chi connectivity index (χ4n) is 6.77. The molecule has 2 aromatic heterocycles. The number of benzene rings is 2. The molecule has 4 aromatic rings. The van der Waals surface area contributed by atoms with Gasteiger partial charge in [-0.15, -0.1) is 0 Å². The Balaban J connectivity index is 1.43. The van der Waals surface area contributed by atoms with Crippen molar-refractivity contribution in [3.05, 3.63) is 87.5 Å². The summed E-state index contributed by atoms with van der Waals surface area (Å²) in [6, 6.07) is 16.6. The van der Waals surface area contributed by atoms with Gasteiger partial charge in [-0.2, -0.15) is 0 Å². The predicted octanol–water partition coefficient (Wildman–Crippen LogP) is 5.09. The predicted molar refractivity (Wildman–Crippen MR) is 150 cm³/mol. The Labute approximate surface area is 226 Å². The number of H-pyrrole nitrogens is 1. The lowest BCUT2D eigenvalue weighted by Crippen LogP contribution is -2.38. The Morgan fingerprint density at radius 1 is 1.00 bits per heavy atom. The maximum atomic E-state index is 14.5. The number of nitrogens with one attached hydrogen (secondary N) is 2. The lowest BCUT2D eigenvalue weighted by atomic mass is 9.68. The summed E-state index contributed by atoms with van der Waals surface area (Å²) in [5.41, 5.74) is 7.15. The number of anilines is 2. The van der Waals surface area contributed by atoms with Gasteiger partial charge in [0, 0.05) is 60.6 Å². The summed E-state index contributed by atoms with van der Waals surface area (Å²) in [7, 11) is 0. The maximum Gasteiger partial charge on any atom is 0.248 e. The number of ether oxygens (including phenoxy) is 2. The van der Waals surface area contributed by atoms with Crippen LogP contribution in [0.3, 0.4) is 0 Å². The van der Waals surface area contributed by atoms with Crippen molar-refractivity contribution in [1.82, 2.24) is 9.97 Å². The van der Waals surface area contributed by atoms with Gasteiger partial charge in [0.1, 0.15) is 5.82 Å². The standard InChI is InChI=1S/C31H31FN4O3/c1-19-28(22-7-5-20(32)17-25(22)34-29(19)24-3-2-4-27(37)33-24)30-31(9-13-38-14-10-31)23-8-6-21(18-26(23)35-30)36-11-15-39-16-12-36/h2-8,17-18,30,35H,9-16H2,1H3,(H,33,37). The SMILES string of the molecule is Cc1c(-c2cccc(=O)[nH]2)nc2cc(F)ccc2c1C1Nc2cc(N3CCOCC3)ccc2C12CCOCC2. The molecular weight excluding hydrogens is 495 g/mol. The van der Waals surface area contributed by atoms with E-state index < -0.39 is 0 Å². The number of hydrogen-bond donors (Lipinski definition) is 2. The molecule has 0 aliphatic carbocycles. The Bertz CT molecular complexity index is 1620. The first kappa shape index (κ1) is 24.3. The van der Waals surface area contributed by atoms with E-state index in [2.05, 4.69) is 40.3 Å². The first-order chi connectivity index (χ1) is 19.0. The van der Waals surface area contributed by atoms with Gasteiger partial charge < -0.3 is 24.7 Å². The quantitative estimate of drug-likeness (QED) is 0.387. The Morgan fingerprint density at radius 3 is 2.59 bits per heavy atom. The number of hydrogen-bond acceptors (Lipinski definition) is 6. The van der Waals surface area contributed by atoms with Crippen molar-refractivity contribution in [1.29, 1.82) is 0 Å². The molecule has 5 heterocycles. The molecule has 2 aromatic carbocycles. The number of nitrogens with zero attached hydrogens (tertiary/aromatic N) is 2. The molecule has 0 bridgehead atoms. The summed E-state index contributed by atoms with van der Waals surface area (Å²) in [5.74, 6) is -0.337. The van der Waals surface area contributed by atoms with Crippen molar-refractivity contribution < 1.29 is 13.9 Å². The summed E-state index contributed by atoms with van der Waals surface area (Å²) in [6.45, 7) is 6.63. The first-order valence-electron chi connectivity index (χ1n) is 13.6. The first-order valence-corrected chi connectivity index (χ1v) is 13.6. The lowest BCUT2D eigenvalue weighted by molar-refractivity contribution is 0.0458. The number of aromatic amines is 1. The topological polar surface area (TPSA) is 79.5 Å². The molecule has 1 unspecified atom stereocenters. The molecule has 0 radical (unpaired) electrons. The van der Waals surface area contributed by atoms with Crippen molar-refractivity contribution >= 4 is 22.3 Å². The van der Waals surface area contributed by atoms with E-state index in [1.807, 2.05) is 12.1 Å². The van der Waals surface area contributed by atoms with Crippen LogP contribution in [0.25, 0.3) is 22.3 Å². The number of morpholine rings is 1. The normalized spacial score (nSPS) is 20.3. The molecule has 3 aliphatic heterocycles. The minimum Gasteiger partial charge on any atom is -0.381 e. The van der Waals surface area contributed by atoms with Gasteiger partial charge in [0.05, 0.1) is 36.2 Å². The van der Waals surface area contributed by atoms with Crippen LogP contribution in [0.15, 0.2) is 59.4 Å². The second-order valence-corrected chi connectivity index (χ2v) is 10.8. The molecule has 1 atom stereocenters. The average molecular weight is 527 g/mol. The van der Waals surface area contributed by atoms with E-state index in [0.29, 0.717) is 30.1 Å². The summed E-state index contributed by atoms with van der Waals surface area (Å²) < 4.78 is 25.9. The zero-order chi connectivity index (χ0) is 26.6. The highest BCUT2D eigenvalue weighted by Crippen LogP contribution is 2.56. The minimum absolute atomic E-state index is 0.0681. The Kier molecular flexibility index (Phi) is 5.90. The largest absolute Gasteiger partial charge is 0.381 e. The molecule has 0 amide bonds. The van der Waals surface area contributed by atoms with Crippen LogP contribution in [0.1, 0.15) is 35.6 Å². The van der Waals surface area contributed by atoms with Crippen LogP contribution in [0.5, 0.6) is 0 Å². The molecule has 2 saturated heterocycles. The van der Waals surface area contributed by atoms with Crippen LogP contribution in [-0.2, 0) is 14.9 Å². The van der Waals surface area contributed by atoms with Gasteiger partial charge in [0.15, 0.2) is 0 Å². The van der Waals surface area contributed by atoms with Crippen molar-refractivity contribution in [2.45, 2.75) is 31.2 Å². The van der Waals surface area contributed by atoms with Crippen LogP contribution >= 0.6 is 0 Å². The van der Waals surface area contributed by atoms with Gasteiger partial charge in [0.2, 0.25) is 5.56 Å². The maximum absolute atomic E-state index is 14.5. The summed E-state index contributed by atoms with van der Waals surface area (Å²) in [6.07, 6.45) is 1.74. The summed E-state index contributed by atoms with van der Waals surface area (Å²) >= 11 is 0. The van der Waals surface area contributed by atoms with Gasteiger partial charge in [-0.25, -0.2) is 9.37 Å². The van der Waals surface area contributed by atoms with Gasteiger partial charge in [-0.1, -0.05) is 12.1 Å². The molecule has 2 N–H and O–H groups in total. The third-order valence-corrected chi connectivity index (χ3v) is 8.71. The van der Waals surface area contributed by atoms with E-state index in [1.165, 1.54) is 29.4 Å². The second-order valence-electron chi connectivity index (χ2n) is 10.8. The fourth-order valence-corrected chi connectivity index (χ4v) is 6.77. The van der Waals surface area contributed by atoms with Crippen LogP contribution in [0.4, 0.5) is 15.8 Å². The van der Waals surface area contributed by atoms with Crippen LogP contribution in [-0.4, -0.2) is 49.5 Å². The zero-order valence-corrected chi connectivity index (χ0v) is 21.9. The van der Waals surface area contributed by atoms with Crippen LogP contribution in [0.2, 0.25) is 0 Å². The molecule has 7 nitrogen and oxygen atoms in total. The van der Waals surface area contributed by atoms with Gasteiger partial charge in [-0.3, -0.25) is 4.79 Å². The van der Waals surface area contributed by atoms with Gasteiger partial charge in [-0.05, 0) is 66.8 Å². The summed E-state index contributed by atoms with van der Waals surface area (Å²) in [4.78, 5) is 22.4. The summed E-state index contributed by atoms with van der Waals surface area (Å²) in [5, 5.41) is 4.84. The van der Waals surface area contributed by atoms with E-state index in [-0.39, 0.29) is 22.8 Å². The molecule has 3 aliphatic rings. The van der Waals surface area contributed by atoms with Gasteiger partial charge in [0.25, 0.3) is 0 Å². The molecular formula is C31H31FN4O3. The Hall–Kier alpha value is -3.75. The van der Waals surface area contributed by atoms with Crippen molar-refractivity contribution in [3.8, 4) is 11.4 Å². The molecule has 39 heavy (non-hydrogen) atoms. The van der Waals surface area contributed by atoms with E-state index in [1.54, 1.807) is 6.07 Å². The van der Waals surface area contributed by atoms with Crippen molar-refractivity contribution in [3.63, 3.8) is 0 Å². The minimum atomic E-state index is -0.337. The molecule has 0 saturated carbocycles. The van der Waals surface area contributed by atoms with Crippen LogP contribution < -0.4 is 15.8 Å². The van der Waals surface area contributed by atoms with Crippen molar-refractivity contribution in [2.75, 3.05) is 49.7 Å². The third-order valence-electron chi connectivity index (χ3n) is 8.71. The highest BCUT2D eigenvalue weighted by molar-refractivity contribution is 5.89. The zero-order valence-electron chi connectivity index (χ0n) is 21.9. The highest BCUT2D eigenvalue weighted by atomic mass is 19.1. The van der Waals surface area contributed by atoms with E-state index in [4.69, 9.17) is 14.5 Å². The Morgan fingerprint density at radius 2 is 1.79 bits per heavy atom. The molecule has 2 fully saturated rings. The number of halogens is 1. The lowest BCUT2D eigenvalue weighted by Gasteiger charge is -2.40. The van der Waals surface area contributed by atoms with Crippen molar-refractivity contribution in [2.24, 2.45) is 0 Å². The van der Waals surface area contributed by atoms with E-state index in [9.17, 15) is 9.18 Å². The molecule has 200 valence electrons. The third kappa shape index (κ3) is 4.01. The number of pyridine rings is 2. The van der Waals surface area contributed by atoms with E-state index in [0.717, 1.165) is 61.3 Å². The molecule has 8 heteroatoms. The molecule has 7 rings (SSSR count). The monoisotopic (exact) mass is 526 g/mol. The number of aromatic nitrogens is 2. The number of fused-ring (bicyclic) bond motifs is 3. The average Bonchev–Trinajstić information content (AvgIpc) is 3.25. The smallest absolute Gasteiger partial charge is 0.248 e. The fraction of sp³-hybridized carbons (Fsp3) is 0.355. The highest BCUT2D eigenvalue weighted by Gasteiger charge is 2.49. The molecule has 1 spiro atoms. The van der Waals surface area contributed by atoms with Crippen LogP contribution in [0, 0.1) is 12.7 Å². The van der Waals surface area contributed by atoms with E-state index >= 15 is 0 Å².